The molecular formula is C17H16FNO2. The standard InChI is InChI=1S/C17H16FNO2/c18-15-8-6-14(7-9-15)16-17(20)21-11-10-19(16)12-13-4-2-1-3-5-13/h1-9,16H,10-12H2. The van der Waals surface area contributed by atoms with E-state index in [-0.39, 0.29) is 11.8 Å². The third-order valence-electron chi connectivity index (χ3n) is 3.63. The molecule has 0 saturated carbocycles. The largest absolute Gasteiger partial charge is 0.463 e. The summed E-state index contributed by atoms with van der Waals surface area (Å²) in [7, 11) is 0. The van der Waals surface area contributed by atoms with Gasteiger partial charge in [0.25, 0.3) is 0 Å². The van der Waals surface area contributed by atoms with E-state index in [9.17, 15) is 9.18 Å². The van der Waals surface area contributed by atoms with Gasteiger partial charge in [-0.2, -0.15) is 0 Å². The Morgan fingerprint density at radius 3 is 2.52 bits per heavy atom. The van der Waals surface area contributed by atoms with Gasteiger partial charge in [-0.05, 0) is 23.3 Å². The van der Waals surface area contributed by atoms with Gasteiger partial charge in [0.05, 0.1) is 0 Å². The van der Waals surface area contributed by atoms with Crippen molar-refractivity contribution in [2.75, 3.05) is 13.2 Å². The normalized spacial score (nSPS) is 19.3. The van der Waals surface area contributed by atoms with Crippen molar-refractivity contribution in [2.24, 2.45) is 0 Å². The van der Waals surface area contributed by atoms with Gasteiger partial charge in [-0.1, -0.05) is 42.5 Å². The summed E-state index contributed by atoms with van der Waals surface area (Å²) >= 11 is 0. The lowest BCUT2D eigenvalue weighted by molar-refractivity contribution is -0.158. The molecule has 0 spiro atoms. The molecule has 21 heavy (non-hydrogen) atoms. The van der Waals surface area contributed by atoms with Crippen LogP contribution in [0.1, 0.15) is 17.2 Å². The van der Waals surface area contributed by atoms with Gasteiger partial charge >= 0.3 is 5.97 Å². The second kappa shape index (κ2) is 6.06. The van der Waals surface area contributed by atoms with Crippen LogP contribution in [0.25, 0.3) is 0 Å². The molecule has 3 nitrogen and oxygen atoms in total. The first-order valence-electron chi connectivity index (χ1n) is 6.94. The minimum atomic E-state index is -0.473. The molecule has 1 aliphatic rings. The van der Waals surface area contributed by atoms with Crippen molar-refractivity contribution in [1.29, 1.82) is 0 Å². The second-order valence-corrected chi connectivity index (χ2v) is 5.08. The van der Waals surface area contributed by atoms with Gasteiger partial charge in [0.2, 0.25) is 0 Å². The molecule has 1 aliphatic heterocycles. The van der Waals surface area contributed by atoms with Crippen LogP contribution >= 0.6 is 0 Å². The summed E-state index contributed by atoms with van der Waals surface area (Å²) in [6, 6.07) is 15.5. The number of halogens is 1. The van der Waals surface area contributed by atoms with E-state index in [0.717, 1.165) is 11.1 Å². The number of hydrogen-bond donors (Lipinski definition) is 0. The van der Waals surface area contributed by atoms with Crippen molar-refractivity contribution in [2.45, 2.75) is 12.6 Å². The highest BCUT2D eigenvalue weighted by Gasteiger charge is 2.32. The van der Waals surface area contributed by atoms with E-state index in [1.165, 1.54) is 12.1 Å². The first-order chi connectivity index (χ1) is 10.2. The molecule has 2 aromatic carbocycles. The molecule has 0 bridgehead atoms. The topological polar surface area (TPSA) is 29.5 Å². The first-order valence-corrected chi connectivity index (χ1v) is 6.94. The Labute approximate surface area is 123 Å². The molecule has 1 unspecified atom stereocenters. The average Bonchev–Trinajstić information content (AvgIpc) is 2.50. The summed E-state index contributed by atoms with van der Waals surface area (Å²) in [6.45, 7) is 1.73. The van der Waals surface area contributed by atoms with E-state index >= 15 is 0 Å². The highest BCUT2D eigenvalue weighted by atomic mass is 19.1. The van der Waals surface area contributed by atoms with Crippen LogP contribution in [0, 0.1) is 5.82 Å². The number of hydrogen-bond acceptors (Lipinski definition) is 3. The summed E-state index contributed by atoms with van der Waals surface area (Å²) < 4.78 is 18.2. The second-order valence-electron chi connectivity index (χ2n) is 5.08. The Bertz CT molecular complexity index is 612. The third kappa shape index (κ3) is 3.11. The van der Waals surface area contributed by atoms with Crippen molar-refractivity contribution in [1.82, 2.24) is 4.90 Å². The van der Waals surface area contributed by atoms with Gasteiger partial charge in [-0.25, -0.2) is 9.18 Å². The molecule has 3 rings (SSSR count). The summed E-state index contributed by atoms with van der Waals surface area (Å²) in [6.07, 6.45) is 0. The molecule has 1 heterocycles. The number of morpholine rings is 1. The van der Waals surface area contributed by atoms with Crippen molar-refractivity contribution in [3.05, 3.63) is 71.5 Å². The van der Waals surface area contributed by atoms with Crippen molar-refractivity contribution in [3.63, 3.8) is 0 Å². The molecule has 2 aromatic rings. The third-order valence-corrected chi connectivity index (χ3v) is 3.63. The highest BCUT2D eigenvalue weighted by molar-refractivity contribution is 5.78. The summed E-state index contributed by atoms with van der Waals surface area (Å²) in [5, 5.41) is 0. The van der Waals surface area contributed by atoms with Crippen molar-refractivity contribution < 1.29 is 13.9 Å². The van der Waals surface area contributed by atoms with E-state index in [2.05, 4.69) is 4.90 Å². The molecule has 0 amide bonds. The zero-order chi connectivity index (χ0) is 14.7. The van der Waals surface area contributed by atoms with E-state index in [1.54, 1.807) is 12.1 Å². The lowest BCUT2D eigenvalue weighted by Crippen LogP contribution is -2.42. The number of carbonyl (C=O) groups excluding carboxylic acids is 1. The Kier molecular flexibility index (Phi) is 3.97. The summed E-state index contributed by atoms with van der Waals surface area (Å²) in [5.41, 5.74) is 1.90. The fraction of sp³-hybridized carbons (Fsp3) is 0.235. The lowest BCUT2D eigenvalue weighted by atomic mass is 10.0. The van der Waals surface area contributed by atoms with Crippen LogP contribution < -0.4 is 0 Å². The Hall–Kier alpha value is -2.20. The highest BCUT2D eigenvalue weighted by Crippen LogP contribution is 2.27. The van der Waals surface area contributed by atoms with Crippen LogP contribution in [-0.2, 0) is 16.1 Å². The number of benzene rings is 2. The molecule has 4 heteroatoms. The van der Waals surface area contributed by atoms with Crippen LogP contribution in [0.3, 0.4) is 0 Å². The van der Waals surface area contributed by atoms with Gasteiger partial charge in [0.15, 0.2) is 0 Å². The SMILES string of the molecule is O=C1OCCN(Cc2ccccc2)C1c1ccc(F)cc1. The molecule has 0 aromatic heterocycles. The molecule has 1 saturated heterocycles. The fourth-order valence-electron chi connectivity index (χ4n) is 2.60. The summed E-state index contributed by atoms with van der Waals surface area (Å²) in [5.74, 6) is -0.582. The lowest BCUT2D eigenvalue weighted by Gasteiger charge is -2.34. The Balaban J connectivity index is 1.86. The van der Waals surface area contributed by atoms with Crippen LogP contribution in [0.15, 0.2) is 54.6 Å². The van der Waals surface area contributed by atoms with Crippen LogP contribution in [-0.4, -0.2) is 24.0 Å². The maximum Gasteiger partial charge on any atom is 0.328 e. The van der Waals surface area contributed by atoms with Crippen molar-refractivity contribution >= 4 is 5.97 Å². The number of esters is 1. The van der Waals surface area contributed by atoms with Gasteiger partial charge in [0.1, 0.15) is 18.5 Å². The van der Waals surface area contributed by atoms with E-state index in [1.807, 2.05) is 30.3 Å². The molecule has 0 aliphatic carbocycles. The van der Waals surface area contributed by atoms with E-state index < -0.39 is 6.04 Å². The predicted molar refractivity (Wildman–Crippen MR) is 77.0 cm³/mol. The number of nitrogens with zero attached hydrogens (tertiary/aromatic N) is 1. The minimum Gasteiger partial charge on any atom is -0.463 e. The quantitative estimate of drug-likeness (QED) is 0.812. The molecular weight excluding hydrogens is 269 g/mol. The molecule has 1 fully saturated rings. The number of rotatable bonds is 3. The smallest absolute Gasteiger partial charge is 0.328 e. The number of ether oxygens (including phenoxy) is 1. The van der Waals surface area contributed by atoms with Crippen LogP contribution in [0.5, 0.6) is 0 Å². The monoisotopic (exact) mass is 285 g/mol. The predicted octanol–water partition coefficient (Wildman–Crippen LogP) is 2.93. The van der Waals surface area contributed by atoms with E-state index in [0.29, 0.717) is 19.7 Å². The summed E-state index contributed by atoms with van der Waals surface area (Å²) in [4.78, 5) is 14.2. The van der Waals surface area contributed by atoms with Crippen LogP contribution in [0.2, 0.25) is 0 Å². The first kappa shape index (κ1) is 13.8. The number of cyclic esters (lactones) is 1. The zero-order valence-electron chi connectivity index (χ0n) is 11.5. The Morgan fingerprint density at radius 1 is 1.10 bits per heavy atom. The van der Waals surface area contributed by atoms with Gasteiger partial charge < -0.3 is 4.74 Å². The van der Waals surface area contributed by atoms with E-state index in [4.69, 9.17) is 4.74 Å². The molecule has 108 valence electrons. The molecule has 0 N–H and O–H groups in total. The maximum absolute atomic E-state index is 13.1. The zero-order valence-corrected chi connectivity index (χ0v) is 11.5. The maximum atomic E-state index is 13.1. The fourth-order valence-corrected chi connectivity index (χ4v) is 2.60. The van der Waals surface area contributed by atoms with Crippen LogP contribution in [0.4, 0.5) is 4.39 Å². The average molecular weight is 285 g/mol. The van der Waals surface area contributed by atoms with Gasteiger partial charge in [-0.3, -0.25) is 4.90 Å². The molecule has 0 radical (unpaired) electrons. The van der Waals surface area contributed by atoms with Gasteiger partial charge in [-0.15, -0.1) is 0 Å². The van der Waals surface area contributed by atoms with Gasteiger partial charge in [0, 0.05) is 13.1 Å². The number of carbonyl (C=O) groups is 1. The minimum absolute atomic E-state index is 0.274. The Morgan fingerprint density at radius 2 is 1.81 bits per heavy atom. The van der Waals surface area contributed by atoms with Crippen molar-refractivity contribution in [3.8, 4) is 0 Å². The molecule has 1 atom stereocenters.